The van der Waals surface area contributed by atoms with Crippen molar-refractivity contribution in [3.8, 4) is 0 Å². The van der Waals surface area contributed by atoms with Gasteiger partial charge in [0.1, 0.15) is 5.78 Å². The number of rotatable bonds is 4. The lowest BCUT2D eigenvalue weighted by Crippen LogP contribution is -2.02. The van der Waals surface area contributed by atoms with Crippen molar-refractivity contribution in [2.45, 2.75) is 33.6 Å². The van der Waals surface area contributed by atoms with Gasteiger partial charge < -0.3 is 4.79 Å². The van der Waals surface area contributed by atoms with Crippen LogP contribution in [0.15, 0.2) is 11.6 Å². The zero-order chi connectivity index (χ0) is 8.85. The van der Waals surface area contributed by atoms with Crippen molar-refractivity contribution in [1.29, 1.82) is 0 Å². The first-order chi connectivity index (χ1) is 5.07. The van der Waals surface area contributed by atoms with Crippen LogP contribution in [0.1, 0.15) is 33.6 Å². The third-order valence-electron chi connectivity index (χ3n) is 1.58. The normalized spacial score (nSPS) is 11.4. The lowest BCUT2D eigenvalue weighted by molar-refractivity contribution is -0.121. The minimum absolute atomic E-state index is 0.0715. The summed E-state index contributed by atoms with van der Waals surface area (Å²) in [6, 6.07) is 0. The van der Waals surface area contributed by atoms with Crippen molar-refractivity contribution < 1.29 is 9.59 Å². The second kappa shape index (κ2) is 4.83. The zero-order valence-electron chi connectivity index (χ0n) is 7.31. The summed E-state index contributed by atoms with van der Waals surface area (Å²) in [7, 11) is 0. The van der Waals surface area contributed by atoms with Crippen LogP contribution in [0.3, 0.4) is 0 Å². The summed E-state index contributed by atoms with van der Waals surface area (Å²) >= 11 is 0. The zero-order valence-corrected chi connectivity index (χ0v) is 7.31. The van der Waals surface area contributed by atoms with E-state index >= 15 is 0 Å². The molecule has 0 atom stereocenters. The maximum Gasteiger partial charge on any atom is 0.158 e. The van der Waals surface area contributed by atoms with Crippen molar-refractivity contribution in [3.05, 3.63) is 11.6 Å². The molecule has 62 valence electrons. The summed E-state index contributed by atoms with van der Waals surface area (Å²) in [5.41, 5.74) is 0.742. The van der Waals surface area contributed by atoms with Gasteiger partial charge in [-0.15, -0.1) is 0 Å². The first-order valence-corrected chi connectivity index (χ1v) is 3.73. The molecule has 0 aromatic heterocycles. The fourth-order valence-corrected chi connectivity index (χ4v) is 0.648. The molecular formula is C9H14O2. The highest BCUT2D eigenvalue weighted by atomic mass is 16.1. The Hall–Kier alpha value is -0.920. The molecule has 0 amide bonds. The van der Waals surface area contributed by atoms with Crippen molar-refractivity contribution >= 4 is 11.6 Å². The molecule has 0 unspecified atom stereocenters. The van der Waals surface area contributed by atoms with Gasteiger partial charge in [0, 0.05) is 12.8 Å². The average molecular weight is 154 g/mol. The SMILES string of the molecule is CC=C(C)C(=O)CCC(C)=O. The van der Waals surface area contributed by atoms with Gasteiger partial charge >= 0.3 is 0 Å². The molecule has 0 rings (SSSR count). The largest absolute Gasteiger partial charge is 0.300 e. The van der Waals surface area contributed by atoms with Crippen LogP contribution in [-0.4, -0.2) is 11.6 Å². The number of ketones is 2. The molecule has 0 aromatic carbocycles. The third kappa shape index (κ3) is 4.48. The highest BCUT2D eigenvalue weighted by Gasteiger charge is 2.04. The van der Waals surface area contributed by atoms with Crippen molar-refractivity contribution in [3.63, 3.8) is 0 Å². The minimum atomic E-state index is 0.0715. The van der Waals surface area contributed by atoms with Gasteiger partial charge in [-0.2, -0.15) is 0 Å². The fourth-order valence-electron chi connectivity index (χ4n) is 0.648. The average Bonchev–Trinajstić information content (AvgIpc) is 1.98. The van der Waals surface area contributed by atoms with Crippen LogP contribution in [0.4, 0.5) is 0 Å². The molecule has 0 heterocycles. The van der Waals surface area contributed by atoms with Crippen LogP contribution in [0.25, 0.3) is 0 Å². The first kappa shape index (κ1) is 10.1. The Labute approximate surface area is 67.3 Å². The topological polar surface area (TPSA) is 34.1 Å². The maximum absolute atomic E-state index is 11.1. The van der Waals surface area contributed by atoms with E-state index in [9.17, 15) is 9.59 Å². The number of carbonyl (C=O) groups excluding carboxylic acids is 2. The molecule has 0 aliphatic heterocycles. The van der Waals surface area contributed by atoms with E-state index in [-0.39, 0.29) is 11.6 Å². The first-order valence-electron chi connectivity index (χ1n) is 3.73. The molecule has 0 saturated heterocycles. The minimum Gasteiger partial charge on any atom is -0.300 e. The molecule has 0 aliphatic rings. The number of hydrogen-bond acceptors (Lipinski definition) is 2. The quantitative estimate of drug-likeness (QED) is 0.579. The highest BCUT2D eigenvalue weighted by Crippen LogP contribution is 2.01. The van der Waals surface area contributed by atoms with Crippen LogP contribution in [-0.2, 0) is 9.59 Å². The second-order valence-electron chi connectivity index (χ2n) is 2.60. The van der Waals surface area contributed by atoms with Gasteiger partial charge in [-0.1, -0.05) is 6.08 Å². The molecule has 0 fully saturated rings. The number of hydrogen-bond donors (Lipinski definition) is 0. The Morgan fingerprint density at radius 3 is 2.09 bits per heavy atom. The third-order valence-corrected chi connectivity index (χ3v) is 1.58. The van der Waals surface area contributed by atoms with E-state index in [0.717, 1.165) is 5.57 Å². The van der Waals surface area contributed by atoms with Gasteiger partial charge in [0.15, 0.2) is 5.78 Å². The molecule has 11 heavy (non-hydrogen) atoms. The van der Waals surface area contributed by atoms with Crippen LogP contribution < -0.4 is 0 Å². The summed E-state index contributed by atoms with van der Waals surface area (Å²) in [5.74, 6) is 0.143. The Kier molecular flexibility index (Phi) is 4.42. The van der Waals surface area contributed by atoms with Crippen LogP contribution in [0.5, 0.6) is 0 Å². The Balaban J connectivity index is 3.80. The van der Waals surface area contributed by atoms with E-state index in [1.165, 1.54) is 6.92 Å². The van der Waals surface area contributed by atoms with E-state index in [2.05, 4.69) is 0 Å². The highest BCUT2D eigenvalue weighted by molar-refractivity contribution is 5.96. The number of Topliss-reactive ketones (excluding diaryl/α,β-unsaturated/α-hetero) is 2. The van der Waals surface area contributed by atoms with Gasteiger partial charge in [0.2, 0.25) is 0 Å². The lowest BCUT2D eigenvalue weighted by atomic mass is 10.1. The lowest BCUT2D eigenvalue weighted by Gasteiger charge is -1.96. The van der Waals surface area contributed by atoms with Gasteiger partial charge in [-0.25, -0.2) is 0 Å². The van der Waals surface area contributed by atoms with Gasteiger partial charge in [0.25, 0.3) is 0 Å². The standard InChI is InChI=1S/C9H14O2/c1-4-7(2)9(11)6-5-8(3)10/h4H,5-6H2,1-3H3. The molecule has 0 aliphatic carbocycles. The van der Waals surface area contributed by atoms with E-state index in [0.29, 0.717) is 12.8 Å². The molecule has 0 spiro atoms. The predicted molar refractivity (Wildman–Crippen MR) is 44.4 cm³/mol. The molecule has 0 radical (unpaired) electrons. The van der Waals surface area contributed by atoms with Crippen molar-refractivity contribution in [2.75, 3.05) is 0 Å². The summed E-state index contributed by atoms with van der Waals surface area (Å²) in [5, 5.41) is 0. The van der Waals surface area contributed by atoms with Crippen LogP contribution in [0.2, 0.25) is 0 Å². The molecule has 0 bridgehead atoms. The van der Waals surface area contributed by atoms with Crippen molar-refractivity contribution in [2.24, 2.45) is 0 Å². The Morgan fingerprint density at radius 2 is 1.73 bits per heavy atom. The summed E-state index contributed by atoms with van der Waals surface area (Å²) in [6.45, 7) is 5.09. The molecule has 0 N–H and O–H groups in total. The fraction of sp³-hybridized carbons (Fsp3) is 0.556. The molecule has 2 heteroatoms. The van der Waals surface area contributed by atoms with Gasteiger partial charge in [-0.05, 0) is 26.3 Å². The summed E-state index contributed by atoms with van der Waals surface area (Å²) in [6.07, 6.45) is 2.48. The molecule has 2 nitrogen and oxygen atoms in total. The van der Waals surface area contributed by atoms with Crippen LogP contribution >= 0.6 is 0 Å². The Morgan fingerprint density at radius 1 is 1.18 bits per heavy atom. The summed E-state index contributed by atoms with van der Waals surface area (Å²) in [4.78, 5) is 21.5. The van der Waals surface area contributed by atoms with E-state index in [1.54, 1.807) is 13.0 Å². The van der Waals surface area contributed by atoms with Gasteiger partial charge in [-0.3, -0.25) is 4.79 Å². The summed E-state index contributed by atoms with van der Waals surface area (Å²) < 4.78 is 0. The monoisotopic (exact) mass is 154 g/mol. The Bertz CT molecular complexity index is 190. The maximum atomic E-state index is 11.1. The molecular weight excluding hydrogens is 140 g/mol. The molecule has 0 aromatic rings. The van der Waals surface area contributed by atoms with Crippen molar-refractivity contribution in [1.82, 2.24) is 0 Å². The van der Waals surface area contributed by atoms with Crippen LogP contribution in [0, 0.1) is 0 Å². The second-order valence-corrected chi connectivity index (χ2v) is 2.60. The predicted octanol–water partition coefficient (Wildman–Crippen LogP) is 1.89. The smallest absolute Gasteiger partial charge is 0.158 e. The number of carbonyl (C=O) groups is 2. The van der Waals surface area contributed by atoms with E-state index in [1.807, 2.05) is 6.92 Å². The van der Waals surface area contributed by atoms with E-state index < -0.39 is 0 Å². The van der Waals surface area contributed by atoms with E-state index in [4.69, 9.17) is 0 Å². The number of allylic oxidation sites excluding steroid dienone is 2. The van der Waals surface area contributed by atoms with Gasteiger partial charge in [0.05, 0.1) is 0 Å². The molecule has 0 saturated carbocycles.